The fraction of sp³-hybridized carbons (Fsp3) is 0.160. The zero-order chi connectivity index (χ0) is 21.7. The quantitative estimate of drug-likeness (QED) is 0.482. The van der Waals surface area contributed by atoms with Gasteiger partial charge in [-0.25, -0.2) is 4.79 Å². The summed E-state index contributed by atoms with van der Waals surface area (Å²) in [6.45, 7) is 5.23. The van der Waals surface area contributed by atoms with E-state index < -0.39 is 18.5 Å². The van der Waals surface area contributed by atoms with Crippen LogP contribution < -0.4 is 5.32 Å². The van der Waals surface area contributed by atoms with Gasteiger partial charge in [-0.05, 0) is 56.2 Å². The van der Waals surface area contributed by atoms with Crippen LogP contribution in [0, 0.1) is 20.8 Å². The highest BCUT2D eigenvalue weighted by Gasteiger charge is 2.21. The van der Waals surface area contributed by atoms with Crippen molar-refractivity contribution in [2.45, 2.75) is 20.8 Å². The molecule has 0 saturated heterocycles. The lowest BCUT2D eigenvalue weighted by atomic mass is 9.94. The highest BCUT2D eigenvalue weighted by Crippen LogP contribution is 2.19. The molecule has 0 saturated carbocycles. The van der Waals surface area contributed by atoms with Crippen LogP contribution in [0.1, 0.15) is 43.0 Å². The SMILES string of the molecule is Cc1cccc(NC(=O)COC(=O)c2ccccc2C(=O)c2cc(C)ccc2C)c1. The number of amides is 1. The van der Waals surface area contributed by atoms with Crippen molar-refractivity contribution < 1.29 is 19.1 Å². The summed E-state index contributed by atoms with van der Waals surface area (Å²) in [7, 11) is 0. The fourth-order valence-electron chi connectivity index (χ4n) is 3.11. The summed E-state index contributed by atoms with van der Waals surface area (Å²) in [6, 6.07) is 19.4. The number of rotatable bonds is 6. The predicted octanol–water partition coefficient (Wildman–Crippen LogP) is 4.64. The molecule has 5 nitrogen and oxygen atoms in total. The zero-order valence-electron chi connectivity index (χ0n) is 17.2. The molecule has 3 aromatic rings. The molecule has 30 heavy (non-hydrogen) atoms. The van der Waals surface area contributed by atoms with Crippen LogP contribution in [0.3, 0.4) is 0 Å². The van der Waals surface area contributed by atoms with Gasteiger partial charge in [0.2, 0.25) is 0 Å². The van der Waals surface area contributed by atoms with Gasteiger partial charge in [-0.15, -0.1) is 0 Å². The molecule has 3 rings (SSSR count). The third kappa shape index (κ3) is 5.00. The van der Waals surface area contributed by atoms with Crippen molar-refractivity contribution in [2.75, 3.05) is 11.9 Å². The molecule has 0 aromatic heterocycles. The van der Waals surface area contributed by atoms with E-state index in [1.54, 1.807) is 30.3 Å². The molecular weight excluding hydrogens is 378 g/mol. The maximum atomic E-state index is 13.1. The van der Waals surface area contributed by atoms with Gasteiger partial charge in [0.05, 0.1) is 5.56 Å². The molecule has 0 aliphatic rings. The molecule has 3 aromatic carbocycles. The summed E-state index contributed by atoms with van der Waals surface area (Å²) in [4.78, 5) is 37.8. The van der Waals surface area contributed by atoms with E-state index in [4.69, 9.17) is 4.74 Å². The number of ketones is 1. The van der Waals surface area contributed by atoms with Crippen molar-refractivity contribution in [3.8, 4) is 0 Å². The van der Waals surface area contributed by atoms with Crippen LogP contribution in [-0.2, 0) is 9.53 Å². The number of nitrogens with one attached hydrogen (secondary N) is 1. The van der Waals surface area contributed by atoms with Gasteiger partial charge in [-0.3, -0.25) is 9.59 Å². The van der Waals surface area contributed by atoms with Crippen molar-refractivity contribution in [3.63, 3.8) is 0 Å². The smallest absolute Gasteiger partial charge is 0.339 e. The molecule has 1 N–H and O–H groups in total. The number of anilines is 1. The van der Waals surface area contributed by atoms with Gasteiger partial charge in [0, 0.05) is 16.8 Å². The van der Waals surface area contributed by atoms with Crippen molar-refractivity contribution in [1.29, 1.82) is 0 Å². The minimum Gasteiger partial charge on any atom is -0.452 e. The second kappa shape index (κ2) is 9.18. The lowest BCUT2D eigenvalue weighted by molar-refractivity contribution is -0.119. The second-order valence-corrected chi connectivity index (χ2v) is 7.19. The number of hydrogen-bond donors (Lipinski definition) is 1. The molecule has 0 aliphatic carbocycles. The minimum atomic E-state index is -0.719. The largest absolute Gasteiger partial charge is 0.452 e. The summed E-state index contributed by atoms with van der Waals surface area (Å²) in [5.74, 6) is -1.43. The Morgan fingerprint density at radius 1 is 0.767 bits per heavy atom. The molecule has 0 aliphatic heterocycles. The second-order valence-electron chi connectivity index (χ2n) is 7.19. The molecule has 152 valence electrons. The normalized spacial score (nSPS) is 10.4. The summed E-state index contributed by atoms with van der Waals surface area (Å²) in [5, 5.41) is 2.68. The van der Waals surface area contributed by atoms with Gasteiger partial charge in [0.15, 0.2) is 12.4 Å². The van der Waals surface area contributed by atoms with Crippen LogP contribution in [0.4, 0.5) is 5.69 Å². The first kappa shape index (κ1) is 21.0. The Kier molecular flexibility index (Phi) is 6.42. The van der Waals surface area contributed by atoms with Crippen LogP contribution in [0.15, 0.2) is 66.7 Å². The molecule has 0 atom stereocenters. The Morgan fingerprint density at radius 3 is 2.20 bits per heavy atom. The van der Waals surface area contributed by atoms with Crippen molar-refractivity contribution >= 4 is 23.3 Å². The first-order chi connectivity index (χ1) is 14.3. The van der Waals surface area contributed by atoms with Gasteiger partial charge in [0.1, 0.15) is 0 Å². The average Bonchev–Trinajstić information content (AvgIpc) is 2.73. The maximum Gasteiger partial charge on any atom is 0.339 e. The van der Waals surface area contributed by atoms with Crippen LogP contribution in [0.25, 0.3) is 0 Å². The lowest BCUT2D eigenvalue weighted by Crippen LogP contribution is -2.22. The summed E-state index contributed by atoms with van der Waals surface area (Å²) in [6.07, 6.45) is 0. The van der Waals surface area contributed by atoms with E-state index in [0.29, 0.717) is 11.3 Å². The number of carbonyl (C=O) groups excluding carboxylic acids is 3. The Morgan fingerprint density at radius 2 is 1.47 bits per heavy atom. The number of ether oxygens (including phenoxy) is 1. The van der Waals surface area contributed by atoms with E-state index in [1.807, 2.05) is 51.1 Å². The third-order valence-corrected chi connectivity index (χ3v) is 4.67. The molecule has 5 heteroatoms. The molecular formula is C25H23NO4. The molecule has 1 amide bonds. The Bertz CT molecular complexity index is 1120. The van der Waals surface area contributed by atoms with E-state index in [-0.39, 0.29) is 16.9 Å². The number of carbonyl (C=O) groups is 3. The molecule has 0 radical (unpaired) electrons. The minimum absolute atomic E-state index is 0.131. The zero-order valence-corrected chi connectivity index (χ0v) is 17.2. The van der Waals surface area contributed by atoms with Gasteiger partial charge in [0.25, 0.3) is 5.91 Å². The monoisotopic (exact) mass is 401 g/mol. The van der Waals surface area contributed by atoms with E-state index >= 15 is 0 Å². The topological polar surface area (TPSA) is 72.5 Å². The third-order valence-electron chi connectivity index (χ3n) is 4.67. The van der Waals surface area contributed by atoms with E-state index in [0.717, 1.165) is 16.7 Å². The maximum absolute atomic E-state index is 13.1. The Balaban J connectivity index is 1.73. The molecule has 0 bridgehead atoms. The highest BCUT2D eigenvalue weighted by atomic mass is 16.5. The van der Waals surface area contributed by atoms with Crippen LogP contribution in [-0.4, -0.2) is 24.3 Å². The van der Waals surface area contributed by atoms with Gasteiger partial charge in [-0.1, -0.05) is 48.0 Å². The number of hydrogen-bond acceptors (Lipinski definition) is 4. The molecule has 0 spiro atoms. The molecule has 0 unspecified atom stereocenters. The van der Waals surface area contributed by atoms with Gasteiger partial charge >= 0.3 is 5.97 Å². The first-order valence-electron chi connectivity index (χ1n) is 9.60. The van der Waals surface area contributed by atoms with E-state index in [2.05, 4.69) is 5.32 Å². The fourth-order valence-corrected chi connectivity index (χ4v) is 3.11. The van der Waals surface area contributed by atoms with E-state index in [1.165, 1.54) is 6.07 Å². The van der Waals surface area contributed by atoms with E-state index in [9.17, 15) is 14.4 Å². The predicted molar refractivity (Wildman–Crippen MR) is 116 cm³/mol. The standard InChI is InChI=1S/C25H23NO4/c1-16-7-6-8-19(13-16)26-23(27)15-30-25(29)21-10-5-4-9-20(21)24(28)22-14-17(2)11-12-18(22)3/h4-14H,15H2,1-3H3,(H,26,27). The Hall–Kier alpha value is -3.73. The number of aryl methyl sites for hydroxylation is 3. The summed E-state index contributed by atoms with van der Waals surface area (Å²) < 4.78 is 5.17. The summed E-state index contributed by atoms with van der Waals surface area (Å²) >= 11 is 0. The summed E-state index contributed by atoms with van der Waals surface area (Å²) in [5.41, 5.74) is 4.32. The van der Waals surface area contributed by atoms with Crippen molar-refractivity contribution in [3.05, 3.63) is 100 Å². The molecule has 0 heterocycles. The van der Waals surface area contributed by atoms with Crippen LogP contribution in [0.2, 0.25) is 0 Å². The van der Waals surface area contributed by atoms with Crippen LogP contribution in [0.5, 0.6) is 0 Å². The average molecular weight is 401 g/mol. The highest BCUT2D eigenvalue weighted by molar-refractivity contribution is 6.15. The van der Waals surface area contributed by atoms with Crippen molar-refractivity contribution in [1.82, 2.24) is 0 Å². The Labute approximate surface area is 175 Å². The molecule has 0 fully saturated rings. The lowest BCUT2D eigenvalue weighted by Gasteiger charge is -2.11. The number of esters is 1. The van der Waals surface area contributed by atoms with Crippen LogP contribution >= 0.6 is 0 Å². The first-order valence-corrected chi connectivity index (χ1v) is 9.60. The van der Waals surface area contributed by atoms with Crippen molar-refractivity contribution in [2.24, 2.45) is 0 Å². The van der Waals surface area contributed by atoms with Gasteiger partial charge in [-0.2, -0.15) is 0 Å². The van der Waals surface area contributed by atoms with Gasteiger partial charge < -0.3 is 10.1 Å². The number of benzene rings is 3.